The van der Waals surface area contributed by atoms with Crippen LogP contribution >= 0.6 is 11.3 Å². The molecule has 0 aliphatic carbocycles. The van der Waals surface area contributed by atoms with Crippen molar-refractivity contribution >= 4 is 39.4 Å². The summed E-state index contributed by atoms with van der Waals surface area (Å²) in [5.74, 6) is -0.650. The lowest BCUT2D eigenvalue weighted by Crippen LogP contribution is -2.39. The summed E-state index contributed by atoms with van der Waals surface area (Å²) < 4.78 is 0. The van der Waals surface area contributed by atoms with E-state index in [1.165, 1.54) is 0 Å². The number of nitrogens with zero attached hydrogens (tertiary/aromatic N) is 3. The van der Waals surface area contributed by atoms with Gasteiger partial charge in [0, 0.05) is 30.7 Å². The third-order valence-electron chi connectivity index (χ3n) is 5.78. The van der Waals surface area contributed by atoms with Crippen LogP contribution in [0.25, 0.3) is 0 Å². The van der Waals surface area contributed by atoms with Crippen molar-refractivity contribution in [1.29, 1.82) is 0 Å². The summed E-state index contributed by atoms with van der Waals surface area (Å²) >= 11 is 1.15. The van der Waals surface area contributed by atoms with E-state index in [9.17, 15) is 14.7 Å². The Hall–Kier alpha value is -2.62. The molecule has 9 heteroatoms. The van der Waals surface area contributed by atoms with E-state index in [0.717, 1.165) is 41.0 Å². The molecule has 3 rings (SSSR count). The van der Waals surface area contributed by atoms with Gasteiger partial charge in [-0.2, -0.15) is 0 Å². The molecule has 0 fully saturated rings. The molecule has 2 aromatic rings. The van der Waals surface area contributed by atoms with Crippen LogP contribution in [0.5, 0.6) is 0 Å². The fourth-order valence-electron chi connectivity index (χ4n) is 3.89. The van der Waals surface area contributed by atoms with Gasteiger partial charge in [-0.1, -0.05) is 13.8 Å². The van der Waals surface area contributed by atoms with Gasteiger partial charge in [0.25, 0.3) is 5.91 Å². The number of rotatable bonds is 9. The average Bonchev–Trinajstić information content (AvgIpc) is 3.22. The second kappa shape index (κ2) is 11.0. The molecule has 1 aliphatic rings. The summed E-state index contributed by atoms with van der Waals surface area (Å²) in [6, 6.07) is 6.01. The lowest BCUT2D eigenvalue weighted by Gasteiger charge is -2.37. The molecule has 33 heavy (non-hydrogen) atoms. The highest BCUT2D eigenvalue weighted by Crippen LogP contribution is 2.38. The highest BCUT2D eigenvalue weighted by atomic mass is 32.1. The second-order valence-corrected chi connectivity index (χ2v) is 9.63. The third-order valence-corrected chi connectivity index (χ3v) is 6.82. The third kappa shape index (κ3) is 5.66. The van der Waals surface area contributed by atoms with E-state index in [2.05, 4.69) is 33.4 Å². The molecule has 8 nitrogen and oxygen atoms in total. The predicted molar refractivity (Wildman–Crippen MR) is 130 cm³/mol. The van der Waals surface area contributed by atoms with Gasteiger partial charge in [0.15, 0.2) is 10.8 Å². The summed E-state index contributed by atoms with van der Waals surface area (Å²) in [6.07, 6.45) is 1.91. The molecule has 178 valence electrons. The van der Waals surface area contributed by atoms with E-state index in [1.54, 1.807) is 6.07 Å². The van der Waals surface area contributed by atoms with Crippen LogP contribution < -0.4 is 10.2 Å². The Morgan fingerprint density at radius 3 is 2.64 bits per heavy atom. The summed E-state index contributed by atoms with van der Waals surface area (Å²) in [5.41, 5.74) is 4.20. The molecule has 1 aromatic carbocycles. The number of carbonyl (C=O) groups excluding carboxylic acids is 2. The first-order valence-corrected chi connectivity index (χ1v) is 12.1. The molecule has 0 saturated heterocycles. The number of carbonyl (C=O) groups is 2. The Morgan fingerprint density at radius 2 is 1.97 bits per heavy atom. The normalized spacial score (nSPS) is 15.8. The molecular weight excluding hydrogens is 440 g/mol. The number of azo groups is 1. The largest absolute Gasteiger partial charge is 0.395 e. The molecule has 3 N–H and O–H groups in total. The fourth-order valence-corrected chi connectivity index (χ4v) is 4.96. The molecule has 0 bridgehead atoms. The number of hydrogen-bond donors (Lipinski definition) is 3. The molecule has 0 spiro atoms. The quantitative estimate of drug-likeness (QED) is 0.374. The monoisotopic (exact) mass is 472 g/mol. The number of Topliss-reactive ketones (excluding diaryl/α,β-unsaturated/α-hetero) is 1. The van der Waals surface area contributed by atoms with Gasteiger partial charge in [-0.05, 0) is 56.0 Å². The highest BCUT2D eigenvalue weighted by molar-refractivity contribution is 7.18. The minimum absolute atomic E-state index is 0.0549. The standard InChI is InChI=1S/C24H32N4O4S/c1-14(2)22(31)21-13-18(23(32)25-7-9-29)24(33-21)27-26-19-12-17-6-5-16(4)28(8-10-30)20(17)11-15(19)3/h11-14,16,29-30H,5-10H2,1-4H3,(H,25,32). The number of β-amino-alcohol motifs (C(OH)–C–C–N with tert-alkyl or cyclic N) is 1. The molecular formula is C24H32N4O4S. The zero-order valence-electron chi connectivity index (χ0n) is 19.6. The summed E-state index contributed by atoms with van der Waals surface area (Å²) in [5, 5.41) is 30.3. The van der Waals surface area contributed by atoms with E-state index in [0.29, 0.717) is 28.2 Å². The number of anilines is 1. The van der Waals surface area contributed by atoms with Crippen LogP contribution in [-0.4, -0.2) is 54.2 Å². The highest BCUT2D eigenvalue weighted by Gasteiger charge is 2.24. The Morgan fingerprint density at radius 1 is 1.21 bits per heavy atom. The van der Waals surface area contributed by atoms with Crippen molar-refractivity contribution in [2.45, 2.75) is 46.6 Å². The lowest BCUT2D eigenvalue weighted by atomic mass is 9.94. The van der Waals surface area contributed by atoms with Gasteiger partial charge in [-0.3, -0.25) is 9.59 Å². The molecule has 1 amide bonds. The zero-order valence-corrected chi connectivity index (χ0v) is 20.4. The van der Waals surface area contributed by atoms with Gasteiger partial charge in [-0.15, -0.1) is 21.6 Å². The number of fused-ring (bicyclic) bond motifs is 1. The van der Waals surface area contributed by atoms with Crippen LogP contribution in [0.15, 0.2) is 28.4 Å². The van der Waals surface area contributed by atoms with Crippen molar-refractivity contribution in [1.82, 2.24) is 5.32 Å². The zero-order chi connectivity index (χ0) is 24.1. The maximum atomic E-state index is 12.6. The number of hydrogen-bond acceptors (Lipinski definition) is 8. The molecule has 1 unspecified atom stereocenters. The Kier molecular flexibility index (Phi) is 8.34. The van der Waals surface area contributed by atoms with Crippen LogP contribution in [-0.2, 0) is 6.42 Å². The molecule has 2 heterocycles. The van der Waals surface area contributed by atoms with Crippen molar-refractivity contribution in [2.75, 3.05) is 31.2 Å². The lowest BCUT2D eigenvalue weighted by molar-refractivity contribution is 0.0942. The molecule has 1 aromatic heterocycles. The van der Waals surface area contributed by atoms with Gasteiger partial charge >= 0.3 is 0 Å². The van der Waals surface area contributed by atoms with Crippen LogP contribution in [0.3, 0.4) is 0 Å². The maximum Gasteiger partial charge on any atom is 0.254 e. The van der Waals surface area contributed by atoms with Gasteiger partial charge < -0.3 is 20.4 Å². The van der Waals surface area contributed by atoms with Crippen molar-refractivity contribution in [3.8, 4) is 0 Å². The van der Waals surface area contributed by atoms with E-state index in [4.69, 9.17) is 5.11 Å². The molecule has 1 aliphatic heterocycles. The minimum atomic E-state index is -0.396. The smallest absolute Gasteiger partial charge is 0.254 e. The van der Waals surface area contributed by atoms with Crippen molar-refractivity contribution in [3.63, 3.8) is 0 Å². The Labute approximate surface area is 198 Å². The van der Waals surface area contributed by atoms with E-state index < -0.39 is 5.91 Å². The minimum Gasteiger partial charge on any atom is -0.395 e. The first kappa shape index (κ1) is 25.0. The van der Waals surface area contributed by atoms with Crippen LogP contribution in [0.2, 0.25) is 0 Å². The van der Waals surface area contributed by atoms with Gasteiger partial charge in [-0.25, -0.2) is 0 Å². The van der Waals surface area contributed by atoms with Gasteiger partial charge in [0.2, 0.25) is 0 Å². The van der Waals surface area contributed by atoms with Crippen LogP contribution in [0.1, 0.15) is 58.3 Å². The predicted octanol–water partition coefficient (Wildman–Crippen LogP) is 4.17. The number of aliphatic hydroxyl groups excluding tert-OH is 2. The first-order chi connectivity index (χ1) is 15.8. The summed E-state index contributed by atoms with van der Waals surface area (Å²) in [6.45, 7) is 8.37. The van der Waals surface area contributed by atoms with E-state index in [1.807, 2.05) is 26.8 Å². The maximum absolute atomic E-state index is 12.6. The molecule has 1 atom stereocenters. The second-order valence-electron chi connectivity index (χ2n) is 8.60. The number of benzene rings is 1. The van der Waals surface area contributed by atoms with Crippen molar-refractivity contribution in [3.05, 3.63) is 39.8 Å². The Bertz CT molecular complexity index is 1050. The molecule has 0 radical (unpaired) electrons. The number of nitrogens with one attached hydrogen (secondary N) is 1. The van der Waals surface area contributed by atoms with Crippen LogP contribution in [0, 0.1) is 12.8 Å². The van der Waals surface area contributed by atoms with E-state index in [-0.39, 0.29) is 37.0 Å². The Balaban J connectivity index is 1.95. The molecule has 0 saturated carbocycles. The van der Waals surface area contributed by atoms with E-state index >= 15 is 0 Å². The number of ketones is 1. The number of aryl methyl sites for hydroxylation is 2. The first-order valence-electron chi connectivity index (χ1n) is 11.3. The summed E-state index contributed by atoms with van der Waals surface area (Å²) in [4.78, 5) is 27.7. The average molecular weight is 473 g/mol. The van der Waals surface area contributed by atoms with Gasteiger partial charge in [0.1, 0.15) is 0 Å². The number of thiophene rings is 1. The SMILES string of the molecule is Cc1cc2c(cc1N=Nc1sc(C(=O)C(C)C)cc1C(=O)NCCO)CCC(C)N2CCO. The fraction of sp³-hybridized carbons (Fsp3) is 0.500. The summed E-state index contributed by atoms with van der Waals surface area (Å²) in [7, 11) is 0. The van der Waals surface area contributed by atoms with Crippen molar-refractivity contribution < 1.29 is 19.8 Å². The van der Waals surface area contributed by atoms with Crippen LogP contribution in [0.4, 0.5) is 16.4 Å². The van der Waals surface area contributed by atoms with Crippen molar-refractivity contribution in [2.24, 2.45) is 16.1 Å². The number of aliphatic hydroxyl groups is 2. The number of amides is 1. The van der Waals surface area contributed by atoms with Gasteiger partial charge in [0.05, 0.1) is 29.3 Å². The topological polar surface area (TPSA) is 115 Å².